The van der Waals surface area contributed by atoms with E-state index in [-0.39, 0.29) is 0 Å². The Morgan fingerprint density at radius 2 is 2.10 bits per heavy atom. The van der Waals surface area contributed by atoms with Crippen LogP contribution in [-0.2, 0) is 13.0 Å². The highest BCUT2D eigenvalue weighted by Crippen LogP contribution is 2.29. The molecule has 0 bridgehead atoms. The second kappa shape index (κ2) is 4.90. The molecule has 0 saturated heterocycles. The largest absolute Gasteiger partial charge is 0.398 e. The lowest BCUT2D eigenvalue weighted by Gasteiger charge is -2.32. The van der Waals surface area contributed by atoms with Gasteiger partial charge in [-0.05, 0) is 54.3 Å². The molecule has 0 unspecified atom stereocenters. The lowest BCUT2D eigenvalue weighted by molar-refractivity contribution is 0.731. The first-order valence-electron chi connectivity index (χ1n) is 6.81. The van der Waals surface area contributed by atoms with Crippen LogP contribution in [0.1, 0.15) is 22.3 Å². The molecule has 1 heterocycles. The van der Waals surface area contributed by atoms with Gasteiger partial charge in [-0.2, -0.15) is 5.26 Å². The van der Waals surface area contributed by atoms with Crippen LogP contribution in [0.3, 0.4) is 0 Å². The number of nitrogen functional groups attached to an aromatic ring is 1. The molecule has 20 heavy (non-hydrogen) atoms. The van der Waals surface area contributed by atoms with Crippen LogP contribution in [0.5, 0.6) is 0 Å². The van der Waals surface area contributed by atoms with Crippen LogP contribution in [0.25, 0.3) is 0 Å². The van der Waals surface area contributed by atoms with Gasteiger partial charge in [0.1, 0.15) is 0 Å². The van der Waals surface area contributed by atoms with Crippen molar-refractivity contribution in [2.75, 3.05) is 17.2 Å². The molecule has 3 heteroatoms. The number of nitrogens with zero attached hydrogens (tertiary/aromatic N) is 2. The van der Waals surface area contributed by atoms with E-state index >= 15 is 0 Å². The highest BCUT2D eigenvalue weighted by Gasteiger charge is 2.19. The van der Waals surface area contributed by atoms with Crippen molar-refractivity contribution >= 4 is 11.4 Å². The van der Waals surface area contributed by atoms with Gasteiger partial charge in [-0.3, -0.25) is 0 Å². The standard InChI is InChI=1S/C17H17N3/c1-12-9-13(10-18)5-6-17(12)20-8-7-15-14(11-20)3-2-4-16(15)19/h2-6,9H,7-8,11,19H2,1H3. The van der Waals surface area contributed by atoms with E-state index in [0.717, 1.165) is 30.8 Å². The maximum atomic E-state index is 8.95. The van der Waals surface area contributed by atoms with Gasteiger partial charge in [-0.15, -0.1) is 0 Å². The Morgan fingerprint density at radius 1 is 1.25 bits per heavy atom. The number of hydrogen-bond donors (Lipinski definition) is 1. The van der Waals surface area contributed by atoms with Crippen LogP contribution in [0, 0.1) is 18.3 Å². The molecule has 1 aliphatic rings. The summed E-state index contributed by atoms with van der Waals surface area (Å²) in [5, 5.41) is 8.95. The van der Waals surface area contributed by atoms with Crippen molar-refractivity contribution in [2.24, 2.45) is 0 Å². The molecule has 0 radical (unpaired) electrons. The predicted molar refractivity (Wildman–Crippen MR) is 81.5 cm³/mol. The Hall–Kier alpha value is -2.47. The van der Waals surface area contributed by atoms with Gasteiger partial charge in [-0.1, -0.05) is 12.1 Å². The Bertz CT molecular complexity index is 698. The van der Waals surface area contributed by atoms with Crippen LogP contribution >= 0.6 is 0 Å². The number of aryl methyl sites for hydroxylation is 1. The zero-order valence-corrected chi connectivity index (χ0v) is 11.6. The minimum atomic E-state index is 0.716. The normalized spacial score (nSPS) is 13.7. The van der Waals surface area contributed by atoms with Crippen molar-refractivity contribution < 1.29 is 0 Å². The summed E-state index contributed by atoms with van der Waals surface area (Å²) in [5.41, 5.74) is 12.6. The summed E-state index contributed by atoms with van der Waals surface area (Å²) < 4.78 is 0. The molecule has 0 aliphatic carbocycles. The number of anilines is 2. The first-order chi connectivity index (χ1) is 9.69. The van der Waals surface area contributed by atoms with E-state index < -0.39 is 0 Å². The summed E-state index contributed by atoms with van der Waals surface area (Å²) in [5.74, 6) is 0. The number of nitriles is 1. The SMILES string of the molecule is Cc1cc(C#N)ccc1N1CCc2c(N)cccc2C1. The third-order valence-electron chi connectivity index (χ3n) is 3.97. The fourth-order valence-corrected chi connectivity index (χ4v) is 2.92. The van der Waals surface area contributed by atoms with Gasteiger partial charge in [0.25, 0.3) is 0 Å². The first-order valence-corrected chi connectivity index (χ1v) is 6.81. The van der Waals surface area contributed by atoms with E-state index in [1.54, 1.807) is 0 Å². The third kappa shape index (κ3) is 2.10. The lowest BCUT2D eigenvalue weighted by atomic mass is 9.97. The number of benzene rings is 2. The van der Waals surface area contributed by atoms with E-state index in [9.17, 15) is 0 Å². The molecule has 3 rings (SSSR count). The maximum absolute atomic E-state index is 8.95. The average Bonchev–Trinajstić information content (AvgIpc) is 2.47. The summed E-state index contributed by atoms with van der Waals surface area (Å²) in [6.45, 7) is 3.91. The molecule has 3 nitrogen and oxygen atoms in total. The van der Waals surface area contributed by atoms with Crippen molar-refractivity contribution in [3.05, 3.63) is 58.7 Å². The summed E-state index contributed by atoms with van der Waals surface area (Å²) in [6.07, 6.45) is 0.974. The summed E-state index contributed by atoms with van der Waals surface area (Å²) in [4.78, 5) is 2.36. The van der Waals surface area contributed by atoms with Gasteiger partial charge in [0.15, 0.2) is 0 Å². The summed E-state index contributed by atoms with van der Waals surface area (Å²) in [7, 11) is 0. The molecule has 1 aliphatic heterocycles. The molecule has 0 fully saturated rings. The van der Waals surface area contributed by atoms with Crippen molar-refractivity contribution in [1.29, 1.82) is 5.26 Å². The van der Waals surface area contributed by atoms with Crippen molar-refractivity contribution in [2.45, 2.75) is 19.9 Å². The highest BCUT2D eigenvalue weighted by atomic mass is 15.1. The zero-order chi connectivity index (χ0) is 14.1. The molecular formula is C17H17N3. The van der Waals surface area contributed by atoms with Gasteiger partial charge in [0.05, 0.1) is 11.6 Å². The minimum Gasteiger partial charge on any atom is -0.398 e. The van der Waals surface area contributed by atoms with Crippen LogP contribution in [0.2, 0.25) is 0 Å². The lowest BCUT2D eigenvalue weighted by Crippen LogP contribution is -2.31. The molecule has 0 atom stereocenters. The van der Waals surface area contributed by atoms with Gasteiger partial charge >= 0.3 is 0 Å². The topological polar surface area (TPSA) is 53.0 Å². The quantitative estimate of drug-likeness (QED) is 0.805. The fraction of sp³-hybridized carbons (Fsp3) is 0.235. The second-order valence-corrected chi connectivity index (χ2v) is 5.27. The third-order valence-corrected chi connectivity index (χ3v) is 3.97. The van der Waals surface area contributed by atoms with Crippen molar-refractivity contribution in [3.63, 3.8) is 0 Å². The maximum Gasteiger partial charge on any atom is 0.0991 e. The summed E-state index contributed by atoms with van der Waals surface area (Å²) in [6, 6.07) is 14.2. The van der Waals surface area contributed by atoms with Gasteiger partial charge in [-0.25, -0.2) is 0 Å². The second-order valence-electron chi connectivity index (χ2n) is 5.27. The Balaban J connectivity index is 1.93. The van der Waals surface area contributed by atoms with E-state index in [2.05, 4.69) is 24.0 Å². The molecule has 2 N–H and O–H groups in total. The zero-order valence-electron chi connectivity index (χ0n) is 11.6. The van der Waals surface area contributed by atoms with Crippen LogP contribution in [0.4, 0.5) is 11.4 Å². The van der Waals surface area contributed by atoms with Gasteiger partial charge < -0.3 is 10.6 Å². The smallest absolute Gasteiger partial charge is 0.0991 e. The highest BCUT2D eigenvalue weighted by molar-refractivity contribution is 5.60. The molecule has 0 spiro atoms. The number of fused-ring (bicyclic) bond motifs is 1. The average molecular weight is 263 g/mol. The monoisotopic (exact) mass is 263 g/mol. The van der Waals surface area contributed by atoms with E-state index in [1.165, 1.54) is 16.8 Å². The molecule has 0 saturated carbocycles. The summed E-state index contributed by atoms with van der Waals surface area (Å²) >= 11 is 0. The first kappa shape index (κ1) is 12.6. The Kier molecular flexibility index (Phi) is 3.08. The Morgan fingerprint density at radius 3 is 2.85 bits per heavy atom. The van der Waals surface area contributed by atoms with Crippen LogP contribution < -0.4 is 10.6 Å². The van der Waals surface area contributed by atoms with Crippen molar-refractivity contribution in [3.8, 4) is 6.07 Å². The minimum absolute atomic E-state index is 0.716. The Labute approximate surface area is 119 Å². The number of nitrogens with two attached hydrogens (primary N) is 1. The molecular weight excluding hydrogens is 246 g/mol. The van der Waals surface area contributed by atoms with Crippen molar-refractivity contribution in [1.82, 2.24) is 0 Å². The number of rotatable bonds is 1. The molecule has 2 aromatic rings. The predicted octanol–water partition coefficient (Wildman–Crippen LogP) is 3.01. The van der Waals surface area contributed by atoms with Crippen LogP contribution in [-0.4, -0.2) is 6.54 Å². The van der Waals surface area contributed by atoms with Gasteiger partial charge in [0.2, 0.25) is 0 Å². The number of hydrogen-bond acceptors (Lipinski definition) is 3. The van der Waals surface area contributed by atoms with E-state index in [4.69, 9.17) is 11.0 Å². The van der Waals surface area contributed by atoms with E-state index in [0.29, 0.717) is 5.56 Å². The molecule has 2 aromatic carbocycles. The van der Waals surface area contributed by atoms with Crippen LogP contribution in [0.15, 0.2) is 36.4 Å². The molecule has 100 valence electrons. The fourth-order valence-electron chi connectivity index (χ4n) is 2.92. The van der Waals surface area contributed by atoms with E-state index in [1.807, 2.05) is 30.3 Å². The molecule has 0 amide bonds. The molecule has 0 aromatic heterocycles. The van der Waals surface area contributed by atoms with Gasteiger partial charge in [0, 0.05) is 24.5 Å².